The molecule has 3 rings (SSSR count). The summed E-state index contributed by atoms with van der Waals surface area (Å²) in [5.74, 6) is -0.567. The first-order valence-corrected chi connectivity index (χ1v) is 8.22. The number of likely N-dealkylation sites (tertiary alicyclic amines) is 1. The number of amides is 2. The number of carbonyl (C=O) groups is 3. The van der Waals surface area contributed by atoms with Crippen molar-refractivity contribution in [3.63, 3.8) is 0 Å². The van der Waals surface area contributed by atoms with Crippen LogP contribution < -0.4 is 5.32 Å². The molecule has 0 saturated carbocycles. The van der Waals surface area contributed by atoms with Crippen molar-refractivity contribution in [3.05, 3.63) is 59.4 Å². The molecule has 2 amide bonds. The molecule has 0 spiro atoms. The van der Waals surface area contributed by atoms with Crippen LogP contribution in [0, 0.1) is 0 Å². The molecule has 1 aromatic heterocycles. The van der Waals surface area contributed by atoms with E-state index in [1.165, 1.54) is 19.2 Å². The maximum absolute atomic E-state index is 12.4. The van der Waals surface area contributed by atoms with Gasteiger partial charge in [-0.25, -0.2) is 0 Å². The van der Waals surface area contributed by atoms with Gasteiger partial charge in [-0.3, -0.25) is 19.4 Å². The molecular formula is C19H19N3O3. The van der Waals surface area contributed by atoms with Crippen LogP contribution in [0.5, 0.6) is 0 Å². The molecule has 0 bridgehead atoms. The number of carbonyl (C=O) groups excluding carboxylic acids is 3. The van der Waals surface area contributed by atoms with E-state index in [9.17, 15) is 14.4 Å². The van der Waals surface area contributed by atoms with Gasteiger partial charge in [0.25, 0.3) is 11.8 Å². The third kappa shape index (κ3) is 3.91. The van der Waals surface area contributed by atoms with Gasteiger partial charge >= 0.3 is 0 Å². The van der Waals surface area contributed by atoms with E-state index in [4.69, 9.17) is 0 Å². The first-order chi connectivity index (χ1) is 12.0. The van der Waals surface area contributed by atoms with Crippen LogP contribution in [-0.4, -0.2) is 40.6 Å². The average molecular weight is 337 g/mol. The molecular weight excluding hydrogens is 318 g/mol. The van der Waals surface area contributed by atoms with Crippen LogP contribution in [0.1, 0.15) is 51.0 Å². The Morgan fingerprint density at radius 2 is 1.80 bits per heavy atom. The Labute approximate surface area is 145 Å². The van der Waals surface area contributed by atoms with Crippen LogP contribution in [0.4, 0.5) is 5.69 Å². The summed E-state index contributed by atoms with van der Waals surface area (Å²) in [6, 6.07) is 9.80. The van der Waals surface area contributed by atoms with Gasteiger partial charge in [0.1, 0.15) is 5.69 Å². The molecule has 1 N–H and O–H groups in total. The van der Waals surface area contributed by atoms with Crippen molar-refractivity contribution >= 4 is 23.3 Å². The van der Waals surface area contributed by atoms with Crippen molar-refractivity contribution in [1.82, 2.24) is 9.88 Å². The number of ketones is 1. The number of pyridine rings is 1. The van der Waals surface area contributed by atoms with Gasteiger partial charge in [0.15, 0.2) is 5.78 Å². The summed E-state index contributed by atoms with van der Waals surface area (Å²) in [4.78, 5) is 42.1. The number of aromatic nitrogens is 1. The van der Waals surface area contributed by atoms with E-state index in [0.717, 1.165) is 25.9 Å². The molecule has 2 aromatic rings. The molecule has 1 aromatic carbocycles. The zero-order valence-electron chi connectivity index (χ0n) is 14.0. The molecule has 0 aliphatic carbocycles. The Morgan fingerprint density at radius 1 is 1.04 bits per heavy atom. The number of hydrogen-bond acceptors (Lipinski definition) is 4. The van der Waals surface area contributed by atoms with Crippen molar-refractivity contribution in [2.24, 2.45) is 0 Å². The highest BCUT2D eigenvalue weighted by atomic mass is 16.2. The smallest absolute Gasteiger partial charge is 0.272 e. The maximum atomic E-state index is 12.4. The zero-order chi connectivity index (χ0) is 17.8. The predicted molar refractivity (Wildman–Crippen MR) is 93.8 cm³/mol. The molecule has 1 fully saturated rings. The molecule has 0 radical (unpaired) electrons. The molecule has 1 aliphatic heterocycles. The molecule has 128 valence electrons. The summed E-state index contributed by atoms with van der Waals surface area (Å²) in [7, 11) is 0. The van der Waals surface area contributed by atoms with E-state index in [1.807, 2.05) is 0 Å². The summed E-state index contributed by atoms with van der Waals surface area (Å²) in [5, 5.41) is 2.75. The minimum atomic E-state index is -0.349. The van der Waals surface area contributed by atoms with Gasteiger partial charge in [0.2, 0.25) is 0 Å². The van der Waals surface area contributed by atoms with Crippen molar-refractivity contribution in [2.45, 2.75) is 19.8 Å². The quantitative estimate of drug-likeness (QED) is 0.870. The predicted octanol–water partition coefficient (Wildman–Crippen LogP) is 2.77. The number of nitrogens with one attached hydrogen (secondary N) is 1. The largest absolute Gasteiger partial charge is 0.337 e. The number of anilines is 1. The fraction of sp³-hybridized carbons (Fsp3) is 0.263. The number of rotatable bonds is 4. The van der Waals surface area contributed by atoms with Crippen LogP contribution in [-0.2, 0) is 0 Å². The number of benzene rings is 1. The molecule has 1 aliphatic rings. The Kier molecular flexibility index (Phi) is 4.88. The standard InChI is InChI=1S/C19H19N3O3/c1-13(23)14-5-4-6-16(11-14)21-18(24)15-7-8-20-17(12-15)19(25)22-9-2-3-10-22/h4-8,11-12H,2-3,9-10H2,1H3,(H,21,24). The summed E-state index contributed by atoms with van der Waals surface area (Å²) in [5.41, 5.74) is 1.68. The van der Waals surface area contributed by atoms with Crippen molar-refractivity contribution in [2.75, 3.05) is 18.4 Å². The lowest BCUT2D eigenvalue weighted by Gasteiger charge is -2.14. The number of hydrogen-bond donors (Lipinski definition) is 1. The minimum Gasteiger partial charge on any atom is -0.337 e. The molecule has 25 heavy (non-hydrogen) atoms. The van der Waals surface area contributed by atoms with Crippen LogP contribution in [0.15, 0.2) is 42.6 Å². The number of Topliss-reactive ketones (excluding diaryl/α,β-unsaturated/α-hetero) is 1. The fourth-order valence-electron chi connectivity index (χ4n) is 2.79. The fourth-order valence-corrected chi connectivity index (χ4v) is 2.79. The van der Waals surface area contributed by atoms with Gasteiger partial charge in [0.05, 0.1) is 0 Å². The van der Waals surface area contributed by atoms with E-state index in [1.54, 1.807) is 35.2 Å². The lowest BCUT2D eigenvalue weighted by Crippen LogP contribution is -2.28. The molecule has 0 unspecified atom stereocenters. The number of nitrogens with zero attached hydrogens (tertiary/aromatic N) is 2. The molecule has 2 heterocycles. The lowest BCUT2D eigenvalue weighted by atomic mass is 10.1. The lowest BCUT2D eigenvalue weighted by molar-refractivity contribution is 0.0786. The Bertz CT molecular complexity index is 826. The van der Waals surface area contributed by atoms with E-state index >= 15 is 0 Å². The van der Waals surface area contributed by atoms with Gasteiger partial charge < -0.3 is 10.2 Å². The topological polar surface area (TPSA) is 79.4 Å². The summed E-state index contributed by atoms with van der Waals surface area (Å²) >= 11 is 0. The molecule has 6 heteroatoms. The molecule has 0 atom stereocenters. The van der Waals surface area contributed by atoms with Gasteiger partial charge in [0, 0.05) is 36.1 Å². The maximum Gasteiger partial charge on any atom is 0.272 e. The summed E-state index contributed by atoms with van der Waals surface area (Å²) in [6.45, 7) is 2.93. The third-order valence-electron chi connectivity index (χ3n) is 4.16. The Morgan fingerprint density at radius 3 is 2.52 bits per heavy atom. The van der Waals surface area contributed by atoms with Gasteiger partial charge in [-0.2, -0.15) is 0 Å². The monoisotopic (exact) mass is 337 g/mol. The third-order valence-corrected chi connectivity index (χ3v) is 4.16. The van der Waals surface area contributed by atoms with Crippen LogP contribution in [0.25, 0.3) is 0 Å². The van der Waals surface area contributed by atoms with Crippen molar-refractivity contribution in [3.8, 4) is 0 Å². The SMILES string of the molecule is CC(=O)c1cccc(NC(=O)c2ccnc(C(=O)N3CCCC3)c2)c1. The second kappa shape index (κ2) is 7.25. The first kappa shape index (κ1) is 16.8. The van der Waals surface area contributed by atoms with Crippen LogP contribution in [0.3, 0.4) is 0 Å². The summed E-state index contributed by atoms with van der Waals surface area (Å²) in [6.07, 6.45) is 3.46. The van der Waals surface area contributed by atoms with E-state index in [0.29, 0.717) is 16.8 Å². The molecule has 1 saturated heterocycles. The van der Waals surface area contributed by atoms with Crippen molar-refractivity contribution in [1.29, 1.82) is 0 Å². The normalized spacial score (nSPS) is 13.6. The Balaban J connectivity index is 1.76. The van der Waals surface area contributed by atoms with Crippen molar-refractivity contribution < 1.29 is 14.4 Å². The first-order valence-electron chi connectivity index (χ1n) is 8.22. The highest BCUT2D eigenvalue weighted by Crippen LogP contribution is 2.15. The van der Waals surface area contributed by atoms with Gasteiger partial charge in [-0.15, -0.1) is 0 Å². The van der Waals surface area contributed by atoms with Gasteiger partial charge in [-0.1, -0.05) is 12.1 Å². The van der Waals surface area contributed by atoms with Gasteiger partial charge in [-0.05, 0) is 44.0 Å². The Hall–Kier alpha value is -3.02. The average Bonchev–Trinajstić information content (AvgIpc) is 3.16. The molecule has 6 nitrogen and oxygen atoms in total. The minimum absolute atomic E-state index is 0.0708. The highest BCUT2D eigenvalue weighted by molar-refractivity contribution is 6.06. The van der Waals surface area contributed by atoms with Crippen LogP contribution in [0.2, 0.25) is 0 Å². The highest BCUT2D eigenvalue weighted by Gasteiger charge is 2.21. The zero-order valence-corrected chi connectivity index (χ0v) is 14.0. The van der Waals surface area contributed by atoms with E-state index in [2.05, 4.69) is 10.3 Å². The van der Waals surface area contributed by atoms with E-state index in [-0.39, 0.29) is 23.3 Å². The second-order valence-electron chi connectivity index (χ2n) is 6.02. The second-order valence-corrected chi connectivity index (χ2v) is 6.02. The van der Waals surface area contributed by atoms with E-state index < -0.39 is 0 Å². The van der Waals surface area contributed by atoms with Crippen LogP contribution >= 0.6 is 0 Å². The summed E-state index contributed by atoms with van der Waals surface area (Å²) < 4.78 is 0.